The molecule has 0 aliphatic heterocycles. The van der Waals surface area contributed by atoms with Crippen LogP contribution in [0.2, 0.25) is 10.0 Å². The number of methoxy groups -OCH3 is 1. The molecule has 0 spiro atoms. The third-order valence-electron chi connectivity index (χ3n) is 5.64. The molecule has 1 unspecified atom stereocenters. The van der Waals surface area contributed by atoms with Crippen LogP contribution >= 0.6 is 23.2 Å². The van der Waals surface area contributed by atoms with Crippen molar-refractivity contribution in [2.75, 3.05) is 18.0 Å². The zero-order valence-corrected chi connectivity index (χ0v) is 22.3. The molecule has 1 N–H and O–H groups in total. The number of anilines is 1. The average molecular weight is 535 g/mol. The van der Waals surface area contributed by atoms with Crippen LogP contribution in [-0.4, -0.2) is 28.0 Å². The van der Waals surface area contributed by atoms with Crippen molar-refractivity contribution in [3.05, 3.63) is 87.4 Å². The molecule has 0 bridgehead atoms. The van der Waals surface area contributed by atoms with Crippen LogP contribution in [-0.2, 0) is 14.8 Å². The summed E-state index contributed by atoms with van der Waals surface area (Å²) < 4.78 is 33.5. The minimum absolute atomic E-state index is 0.0461. The molecular weight excluding hydrogens is 507 g/mol. The number of nitrogens with zero attached hydrogens (tertiary/aromatic N) is 1. The van der Waals surface area contributed by atoms with Crippen LogP contribution in [0.1, 0.15) is 36.1 Å². The Hall–Kier alpha value is -2.74. The summed E-state index contributed by atoms with van der Waals surface area (Å²) in [7, 11) is -2.51. The predicted octanol–water partition coefficient (Wildman–Crippen LogP) is 6.08. The first-order valence-corrected chi connectivity index (χ1v) is 13.2. The van der Waals surface area contributed by atoms with Crippen molar-refractivity contribution >= 4 is 44.8 Å². The summed E-state index contributed by atoms with van der Waals surface area (Å²) in [4.78, 5) is 13.2. The minimum Gasteiger partial charge on any atom is -0.496 e. The molecule has 6 nitrogen and oxygen atoms in total. The van der Waals surface area contributed by atoms with E-state index < -0.39 is 22.5 Å². The molecule has 3 rings (SSSR count). The summed E-state index contributed by atoms with van der Waals surface area (Å²) in [5.74, 6) is 0.276. The van der Waals surface area contributed by atoms with Crippen molar-refractivity contribution in [2.45, 2.75) is 38.1 Å². The summed E-state index contributed by atoms with van der Waals surface area (Å²) in [5, 5.41) is 3.42. The number of nitrogens with one attached hydrogen (secondary N) is 1. The highest BCUT2D eigenvalue weighted by molar-refractivity contribution is 7.92. The zero-order valence-electron chi connectivity index (χ0n) is 20.0. The third-order valence-corrected chi connectivity index (χ3v) is 7.97. The Morgan fingerprint density at radius 3 is 2.31 bits per heavy atom. The summed E-state index contributed by atoms with van der Waals surface area (Å²) in [6.07, 6.45) is 0.611. The number of hydrogen-bond acceptors (Lipinski definition) is 4. The largest absolute Gasteiger partial charge is 0.496 e. The predicted molar refractivity (Wildman–Crippen MR) is 141 cm³/mol. The maximum Gasteiger partial charge on any atom is 0.264 e. The number of amides is 1. The Morgan fingerprint density at radius 1 is 1.03 bits per heavy atom. The average Bonchev–Trinajstić information content (AvgIpc) is 2.82. The molecule has 1 atom stereocenters. The maximum absolute atomic E-state index is 13.6. The Balaban J connectivity index is 1.95. The van der Waals surface area contributed by atoms with Crippen molar-refractivity contribution < 1.29 is 17.9 Å². The lowest BCUT2D eigenvalue weighted by atomic mass is 10.0. The van der Waals surface area contributed by atoms with Crippen LogP contribution in [0.5, 0.6) is 5.75 Å². The third kappa shape index (κ3) is 6.28. The van der Waals surface area contributed by atoms with Crippen LogP contribution in [0, 0.1) is 13.8 Å². The van der Waals surface area contributed by atoms with Crippen LogP contribution in [0.15, 0.2) is 65.6 Å². The van der Waals surface area contributed by atoms with Crippen molar-refractivity contribution in [2.24, 2.45) is 0 Å². The van der Waals surface area contributed by atoms with Crippen molar-refractivity contribution in [3.63, 3.8) is 0 Å². The van der Waals surface area contributed by atoms with Gasteiger partial charge in [-0.2, -0.15) is 0 Å². The number of aryl methyl sites for hydroxylation is 2. The van der Waals surface area contributed by atoms with E-state index in [1.807, 2.05) is 39.0 Å². The second kappa shape index (κ2) is 11.3. The van der Waals surface area contributed by atoms with Gasteiger partial charge in [-0.1, -0.05) is 60.0 Å². The van der Waals surface area contributed by atoms with E-state index in [0.29, 0.717) is 11.4 Å². The molecule has 0 aromatic heterocycles. The van der Waals surface area contributed by atoms with Gasteiger partial charge in [0, 0.05) is 5.02 Å². The van der Waals surface area contributed by atoms with E-state index in [-0.39, 0.29) is 21.6 Å². The van der Waals surface area contributed by atoms with Crippen molar-refractivity contribution in [3.8, 4) is 5.75 Å². The summed E-state index contributed by atoms with van der Waals surface area (Å²) >= 11 is 12.5. The number of halogens is 2. The normalized spacial score (nSPS) is 12.2. The second-order valence-electron chi connectivity index (χ2n) is 8.18. The molecule has 3 aromatic carbocycles. The molecule has 0 saturated carbocycles. The molecule has 0 aliphatic carbocycles. The molecule has 35 heavy (non-hydrogen) atoms. The lowest BCUT2D eigenvalue weighted by Crippen LogP contribution is -2.42. The van der Waals surface area contributed by atoms with E-state index in [1.54, 1.807) is 25.3 Å². The van der Waals surface area contributed by atoms with Crippen molar-refractivity contribution in [1.29, 1.82) is 0 Å². The number of sulfonamides is 1. The first-order valence-electron chi connectivity index (χ1n) is 11.0. The van der Waals surface area contributed by atoms with Gasteiger partial charge in [0.2, 0.25) is 5.91 Å². The molecule has 0 aliphatic rings. The van der Waals surface area contributed by atoms with E-state index >= 15 is 0 Å². The van der Waals surface area contributed by atoms with Gasteiger partial charge < -0.3 is 10.1 Å². The molecule has 9 heteroatoms. The number of benzene rings is 3. The SMILES string of the molecule is CCC(NC(=O)CN(c1cc(Cl)ccc1Cl)S(=O)(=O)c1ccc(C)cc1)c1ccc(OC)c(C)c1. The monoisotopic (exact) mass is 534 g/mol. The Morgan fingerprint density at radius 2 is 1.71 bits per heavy atom. The molecule has 0 heterocycles. The Bertz CT molecular complexity index is 1310. The van der Waals surface area contributed by atoms with Crippen LogP contribution in [0.4, 0.5) is 5.69 Å². The van der Waals surface area contributed by atoms with Gasteiger partial charge in [0.1, 0.15) is 12.3 Å². The van der Waals surface area contributed by atoms with Crippen LogP contribution < -0.4 is 14.4 Å². The van der Waals surface area contributed by atoms with Gasteiger partial charge >= 0.3 is 0 Å². The lowest BCUT2D eigenvalue weighted by Gasteiger charge is -2.26. The summed E-state index contributed by atoms with van der Waals surface area (Å²) in [6.45, 7) is 5.26. The number of ether oxygens (including phenoxy) is 1. The molecule has 3 aromatic rings. The van der Waals surface area contributed by atoms with Crippen LogP contribution in [0.25, 0.3) is 0 Å². The Kier molecular flexibility index (Phi) is 8.70. The first kappa shape index (κ1) is 26.9. The number of carbonyl (C=O) groups excluding carboxylic acids is 1. The fourth-order valence-electron chi connectivity index (χ4n) is 3.72. The fraction of sp³-hybridized carbons (Fsp3) is 0.269. The van der Waals surface area contributed by atoms with Crippen molar-refractivity contribution in [1.82, 2.24) is 5.32 Å². The highest BCUT2D eigenvalue weighted by atomic mass is 35.5. The van der Waals surface area contributed by atoms with Crippen LogP contribution in [0.3, 0.4) is 0 Å². The van der Waals surface area contributed by atoms with Gasteiger partial charge in [0.25, 0.3) is 10.0 Å². The fourth-order valence-corrected chi connectivity index (χ4v) is 5.59. The van der Waals surface area contributed by atoms with E-state index in [4.69, 9.17) is 27.9 Å². The molecule has 1 amide bonds. The molecule has 0 saturated heterocycles. The molecule has 0 fully saturated rings. The molecule has 186 valence electrons. The van der Waals surface area contributed by atoms with Gasteiger partial charge in [-0.15, -0.1) is 0 Å². The first-order chi connectivity index (χ1) is 16.6. The number of hydrogen-bond donors (Lipinski definition) is 1. The van der Waals surface area contributed by atoms with Gasteiger partial charge in [-0.3, -0.25) is 9.10 Å². The number of rotatable bonds is 9. The quantitative estimate of drug-likeness (QED) is 0.360. The maximum atomic E-state index is 13.6. The smallest absolute Gasteiger partial charge is 0.264 e. The van der Waals surface area contributed by atoms with Gasteiger partial charge in [-0.05, 0) is 67.8 Å². The van der Waals surface area contributed by atoms with Gasteiger partial charge in [0.05, 0.1) is 28.8 Å². The zero-order chi connectivity index (χ0) is 25.8. The van der Waals surface area contributed by atoms with Gasteiger partial charge in [-0.25, -0.2) is 8.42 Å². The molecule has 0 radical (unpaired) electrons. The Labute approximate surface area is 216 Å². The lowest BCUT2D eigenvalue weighted by molar-refractivity contribution is -0.120. The standard InChI is InChI=1S/C26H28Cl2N2O4S/c1-5-23(19-8-13-25(34-4)18(3)14-19)29-26(31)16-30(24-15-20(27)9-12-22(24)28)35(32,33)21-10-6-17(2)7-11-21/h6-15,23H,5,16H2,1-4H3,(H,29,31). The van der Waals surface area contributed by atoms with Gasteiger partial charge in [0.15, 0.2) is 0 Å². The van der Waals surface area contributed by atoms with E-state index in [0.717, 1.165) is 26.7 Å². The summed E-state index contributed by atoms with van der Waals surface area (Å²) in [5.41, 5.74) is 2.87. The summed E-state index contributed by atoms with van der Waals surface area (Å²) in [6, 6.07) is 16.3. The number of carbonyl (C=O) groups is 1. The van der Waals surface area contributed by atoms with E-state index in [2.05, 4.69) is 5.32 Å². The minimum atomic E-state index is -4.12. The highest BCUT2D eigenvalue weighted by Gasteiger charge is 2.29. The van der Waals surface area contributed by atoms with E-state index in [9.17, 15) is 13.2 Å². The highest BCUT2D eigenvalue weighted by Crippen LogP contribution is 2.33. The van der Waals surface area contributed by atoms with E-state index in [1.165, 1.54) is 24.3 Å². The second-order valence-corrected chi connectivity index (χ2v) is 10.9. The topological polar surface area (TPSA) is 75.7 Å². The molecular formula is C26H28Cl2N2O4S.